The first-order valence-corrected chi connectivity index (χ1v) is 8.98. The molecule has 6 N–H and O–H groups in total. The van der Waals surface area contributed by atoms with Crippen LogP contribution in [0.2, 0.25) is 0 Å². The molecule has 8 heteroatoms. The molecule has 0 saturated carbocycles. The molecule has 1 saturated heterocycles. The number of benzene rings is 1. The van der Waals surface area contributed by atoms with Crippen LogP contribution in [0.15, 0.2) is 24.3 Å². The molecule has 0 spiro atoms. The average Bonchev–Trinajstić information content (AvgIpc) is 3.12. The quantitative estimate of drug-likeness (QED) is 0.552. The molecule has 0 atom stereocenters. The van der Waals surface area contributed by atoms with Crippen LogP contribution in [0.25, 0.3) is 0 Å². The summed E-state index contributed by atoms with van der Waals surface area (Å²) in [5.74, 6) is 1.88. The molecule has 2 aliphatic rings. The lowest BCUT2D eigenvalue weighted by Gasteiger charge is -2.25. The maximum atomic E-state index is 11.2. The van der Waals surface area contributed by atoms with Gasteiger partial charge in [-0.05, 0) is 56.6 Å². The molecule has 0 aliphatic carbocycles. The Morgan fingerprint density at radius 1 is 1.12 bits per heavy atom. The van der Waals surface area contributed by atoms with Gasteiger partial charge in [-0.25, -0.2) is 0 Å². The summed E-state index contributed by atoms with van der Waals surface area (Å²) >= 11 is 0. The summed E-state index contributed by atoms with van der Waals surface area (Å²) in [6.45, 7) is 2.93. The van der Waals surface area contributed by atoms with Crippen molar-refractivity contribution in [3.8, 4) is 0 Å². The van der Waals surface area contributed by atoms with Crippen LogP contribution in [-0.2, 0) is 6.42 Å². The summed E-state index contributed by atoms with van der Waals surface area (Å²) in [4.78, 5) is 20.5. The number of amides is 1. The first-order valence-electron chi connectivity index (χ1n) is 8.98. The lowest BCUT2D eigenvalue weighted by molar-refractivity contribution is 0.100. The van der Waals surface area contributed by atoms with Gasteiger partial charge < -0.3 is 27.0 Å². The van der Waals surface area contributed by atoms with E-state index in [9.17, 15) is 4.79 Å². The highest BCUT2D eigenvalue weighted by molar-refractivity contribution is 5.93. The van der Waals surface area contributed by atoms with Crippen molar-refractivity contribution in [2.24, 2.45) is 5.73 Å². The molecule has 136 valence electrons. The molecule has 1 fully saturated rings. The van der Waals surface area contributed by atoms with E-state index in [0.717, 1.165) is 61.8 Å². The molecule has 0 unspecified atom stereocenters. The maximum absolute atomic E-state index is 11.2. The Morgan fingerprint density at radius 3 is 2.62 bits per heavy atom. The van der Waals surface area contributed by atoms with Gasteiger partial charge in [-0.2, -0.15) is 9.97 Å². The number of rotatable bonds is 5. The van der Waals surface area contributed by atoms with Gasteiger partial charge in [0.15, 0.2) is 0 Å². The van der Waals surface area contributed by atoms with Gasteiger partial charge in [0.05, 0.1) is 0 Å². The summed E-state index contributed by atoms with van der Waals surface area (Å²) < 4.78 is 0. The van der Waals surface area contributed by atoms with Gasteiger partial charge in [0.25, 0.3) is 0 Å². The number of anilines is 4. The van der Waals surface area contributed by atoms with E-state index in [1.807, 2.05) is 0 Å². The predicted octanol–water partition coefficient (Wildman–Crippen LogP) is 1.45. The molecule has 1 aromatic carbocycles. The van der Waals surface area contributed by atoms with Crippen molar-refractivity contribution < 1.29 is 4.79 Å². The largest absolute Gasteiger partial charge is 0.369 e. The van der Waals surface area contributed by atoms with Gasteiger partial charge in [0, 0.05) is 29.4 Å². The zero-order valence-electron chi connectivity index (χ0n) is 14.5. The highest BCUT2D eigenvalue weighted by atomic mass is 16.1. The smallest absolute Gasteiger partial charge is 0.248 e. The van der Waals surface area contributed by atoms with E-state index in [-0.39, 0.29) is 0 Å². The molecule has 1 amide bonds. The Balaban J connectivity index is 1.56. The van der Waals surface area contributed by atoms with Gasteiger partial charge in [-0.1, -0.05) is 0 Å². The minimum Gasteiger partial charge on any atom is -0.369 e. The zero-order valence-corrected chi connectivity index (χ0v) is 14.5. The standard InChI is InChI=1S/C18H23N7O/c19-15(26)11-1-3-12(4-2-11)23-18-24-16-14(7-10-21-16)17(25-18)22-13-5-8-20-9-6-13/h1-4,13,20H,5-10H2,(H2,19,26)(H3,21,22,23,24,25). The van der Waals surface area contributed by atoms with Crippen molar-refractivity contribution in [3.05, 3.63) is 35.4 Å². The van der Waals surface area contributed by atoms with E-state index >= 15 is 0 Å². The molecular formula is C18H23N7O. The number of piperidine rings is 1. The predicted molar refractivity (Wildman–Crippen MR) is 102 cm³/mol. The third-order valence-electron chi connectivity index (χ3n) is 4.78. The second kappa shape index (κ2) is 7.17. The lowest BCUT2D eigenvalue weighted by Crippen LogP contribution is -2.35. The molecule has 1 aromatic heterocycles. The van der Waals surface area contributed by atoms with Gasteiger partial charge >= 0.3 is 0 Å². The fourth-order valence-electron chi connectivity index (χ4n) is 3.35. The number of primary amides is 1. The van der Waals surface area contributed by atoms with E-state index < -0.39 is 5.91 Å². The van der Waals surface area contributed by atoms with E-state index in [4.69, 9.17) is 10.7 Å². The summed E-state index contributed by atoms with van der Waals surface area (Å²) in [5.41, 5.74) is 7.71. The Morgan fingerprint density at radius 2 is 1.88 bits per heavy atom. The van der Waals surface area contributed by atoms with Gasteiger partial charge in [0.1, 0.15) is 11.6 Å². The van der Waals surface area contributed by atoms with Crippen LogP contribution in [0.4, 0.5) is 23.3 Å². The average molecular weight is 353 g/mol. The van der Waals surface area contributed by atoms with Gasteiger partial charge in [-0.15, -0.1) is 0 Å². The van der Waals surface area contributed by atoms with Crippen LogP contribution in [0.3, 0.4) is 0 Å². The molecule has 2 aromatic rings. The van der Waals surface area contributed by atoms with E-state index in [1.165, 1.54) is 0 Å². The highest BCUT2D eigenvalue weighted by Crippen LogP contribution is 2.29. The SMILES string of the molecule is NC(=O)c1ccc(Nc2nc3c(c(NC4CCNCC4)n2)CCN3)cc1. The number of nitrogens with one attached hydrogen (secondary N) is 4. The third-order valence-corrected chi connectivity index (χ3v) is 4.78. The number of hydrogen-bond donors (Lipinski definition) is 5. The summed E-state index contributed by atoms with van der Waals surface area (Å²) in [6.07, 6.45) is 3.10. The fraction of sp³-hybridized carbons (Fsp3) is 0.389. The Kier molecular flexibility index (Phi) is 4.57. The van der Waals surface area contributed by atoms with Crippen LogP contribution >= 0.6 is 0 Å². The maximum Gasteiger partial charge on any atom is 0.248 e. The number of carbonyl (C=O) groups is 1. The number of aromatic nitrogens is 2. The Hall–Kier alpha value is -2.87. The monoisotopic (exact) mass is 353 g/mol. The minimum atomic E-state index is -0.442. The molecule has 3 heterocycles. The number of hydrogen-bond acceptors (Lipinski definition) is 7. The molecule has 2 aliphatic heterocycles. The van der Waals surface area contributed by atoms with Gasteiger partial charge in [0.2, 0.25) is 11.9 Å². The van der Waals surface area contributed by atoms with Crippen LogP contribution in [-0.4, -0.2) is 41.6 Å². The Labute approximate surface area is 152 Å². The molecule has 0 radical (unpaired) electrons. The molecule has 26 heavy (non-hydrogen) atoms. The third kappa shape index (κ3) is 3.55. The molecule has 8 nitrogen and oxygen atoms in total. The minimum absolute atomic E-state index is 0.429. The van der Waals surface area contributed by atoms with E-state index in [1.54, 1.807) is 24.3 Å². The van der Waals surface area contributed by atoms with Crippen molar-refractivity contribution in [2.45, 2.75) is 25.3 Å². The topological polar surface area (TPSA) is 117 Å². The first kappa shape index (κ1) is 16.6. The van der Waals surface area contributed by atoms with E-state index in [0.29, 0.717) is 17.6 Å². The molecule has 0 bridgehead atoms. The summed E-state index contributed by atoms with van der Waals surface area (Å²) in [7, 11) is 0. The zero-order chi connectivity index (χ0) is 17.9. The molecule has 4 rings (SSSR count). The van der Waals surface area contributed by atoms with E-state index in [2.05, 4.69) is 26.3 Å². The number of nitrogens with zero attached hydrogens (tertiary/aromatic N) is 2. The highest BCUT2D eigenvalue weighted by Gasteiger charge is 2.22. The van der Waals surface area contributed by atoms with Crippen molar-refractivity contribution >= 4 is 29.2 Å². The van der Waals surface area contributed by atoms with Crippen molar-refractivity contribution in [1.82, 2.24) is 15.3 Å². The fourth-order valence-corrected chi connectivity index (χ4v) is 3.35. The van der Waals surface area contributed by atoms with Crippen molar-refractivity contribution in [2.75, 3.05) is 35.6 Å². The van der Waals surface area contributed by atoms with Crippen molar-refractivity contribution in [3.63, 3.8) is 0 Å². The number of carbonyl (C=O) groups excluding carboxylic acids is 1. The van der Waals surface area contributed by atoms with Crippen LogP contribution in [0.1, 0.15) is 28.8 Å². The summed E-state index contributed by atoms with van der Waals surface area (Å²) in [6, 6.07) is 7.39. The number of nitrogens with two attached hydrogens (primary N) is 1. The van der Waals surface area contributed by atoms with Crippen molar-refractivity contribution in [1.29, 1.82) is 0 Å². The second-order valence-corrected chi connectivity index (χ2v) is 6.63. The first-order chi connectivity index (χ1) is 12.7. The van der Waals surface area contributed by atoms with Crippen LogP contribution in [0, 0.1) is 0 Å². The second-order valence-electron chi connectivity index (χ2n) is 6.63. The van der Waals surface area contributed by atoms with Gasteiger partial charge in [-0.3, -0.25) is 4.79 Å². The van der Waals surface area contributed by atoms with Crippen LogP contribution < -0.4 is 27.0 Å². The molecular weight excluding hydrogens is 330 g/mol. The normalized spacial score (nSPS) is 16.6. The lowest BCUT2D eigenvalue weighted by atomic mass is 10.1. The number of fused-ring (bicyclic) bond motifs is 1. The van der Waals surface area contributed by atoms with Crippen LogP contribution in [0.5, 0.6) is 0 Å². The summed E-state index contributed by atoms with van der Waals surface area (Å²) in [5, 5.41) is 13.5. The Bertz CT molecular complexity index is 800.